The smallest absolute Gasteiger partial charge is 0.239 e. The zero-order valence-electron chi connectivity index (χ0n) is 16.8. The van der Waals surface area contributed by atoms with E-state index >= 15 is 0 Å². The molecule has 28 heavy (non-hydrogen) atoms. The summed E-state index contributed by atoms with van der Waals surface area (Å²) in [5.74, 6) is 0.0607. The molecule has 0 fully saturated rings. The van der Waals surface area contributed by atoms with E-state index in [2.05, 4.69) is 10.6 Å². The van der Waals surface area contributed by atoms with Crippen molar-refractivity contribution < 1.29 is 17.9 Å². The Kier molecular flexibility index (Phi) is 7.45. The van der Waals surface area contributed by atoms with Crippen LogP contribution in [0.5, 0.6) is 5.75 Å². The Morgan fingerprint density at radius 2 is 1.79 bits per heavy atom. The number of benzene rings is 2. The molecule has 0 aliphatic heterocycles. The number of ether oxygens (including phenoxy) is 1. The molecule has 2 N–H and O–H groups in total. The number of hydrogen-bond acceptors (Lipinski definition) is 5. The predicted octanol–water partition coefficient (Wildman–Crippen LogP) is 3.55. The van der Waals surface area contributed by atoms with Crippen LogP contribution in [0.4, 0.5) is 5.69 Å². The van der Waals surface area contributed by atoms with Gasteiger partial charge in [0.05, 0.1) is 23.7 Å². The first kappa shape index (κ1) is 21.8. The molecule has 0 aromatic heterocycles. The third kappa shape index (κ3) is 5.25. The van der Waals surface area contributed by atoms with Crippen LogP contribution in [0, 0.1) is 6.92 Å². The molecule has 0 spiro atoms. The lowest BCUT2D eigenvalue weighted by Crippen LogP contribution is -2.36. The van der Waals surface area contributed by atoms with Gasteiger partial charge < -0.3 is 15.4 Å². The Labute approximate surface area is 167 Å². The van der Waals surface area contributed by atoms with Crippen LogP contribution in [-0.2, 0) is 14.6 Å². The molecule has 7 heteroatoms. The van der Waals surface area contributed by atoms with E-state index in [4.69, 9.17) is 4.74 Å². The summed E-state index contributed by atoms with van der Waals surface area (Å²) in [6.45, 7) is 7.93. The second kappa shape index (κ2) is 9.59. The highest BCUT2D eigenvalue weighted by Crippen LogP contribution is 2.35. The molecule has 2 aromatic rings. The Morgan fingerprint density at radius 1 is 1.11 bits per heavy atom. The van der Waals surface area contributed by atoms with Crippen molar-refractivity contribution in [1.82, 2.24) is 5.32 Å². The van der Waals surface area contributed by atoms with Gasteiger partial charge in [0.1, 0.15) is 4.90 Å². The SMILES string of the molecule is CCOc1c(NCC(=O)NC(C)CC)cccc1S(=O)(=O)c1ccc(C)cc1. The second-order valence-corrected chi connectivity index (χ2v) is 8.53. The van der Waals surface area contributed by atoms with Crippen molar-refractivity contribution >= 4 is 21.4 Å². The van der Waals surface area contributed by atoms with E-state index in [-0.39, 0.29) is 34.0 Å². The average Bonchev–Trinajstić information content (AvgIpc) is 2.67. The van der Waals surface area contributed by atoms with E-state index in [1.54, 1.807) is 43.3 Å². The third-order valence-corrected chi connectivity index (χ3v) is 6.14. The third-order valence-electron chi connectivity index (χ3n) is 4.35. The molecule has 0 heterocycles. The van der Waals surface area contributed by atoms with Gasteiger partial charge in [0, 0.05) is 6.04 Å². The van der Waals surface area contributed by atoms with Crippen molar-refractivity contribution in [3.05, 3.63) is 48.0 Å². The Morgan fingerprint density at radius 3 is 2.39 bits per heavy atom. The quantitative estimate of drug-likeness (QED) is 0.668. The summed E-state index contributed by atoms with van der Waals surface area (Å²) >= 11 is 0. The summed E-state index contributed by atoms with van der Waals surface area (Å²) in [6.07, 6.45) is 0.834. The first-order chi connectivity index (χ1) is 13.3. The number of carbonyl (C=O) groups excluding carboxylic acids is 1. The van der Waals surface area contributed by atoms with Gasteiger partial charge in [-0.3, -0.25) is 4.79 Å². The molecule has 2 rings (SSSR count). The summed E-state index contributed by atoms with van der Waals surface area (Å²) < 4.78 is 31.9. The van der Waals surface area contributed by atoms with Gasteiger partial charge in [-0.25, -0.2) is 8.42 Å². The molecule has 1 unspecified atom stereocenters. The molecule has 0 saturated carbocycles. The second-order valence-electron chi connectivity index (χ2n) is 6.61. The standard InChI is InChI=1S/C21H28N2O4S/c1-5-16(4)23-20(24)14-22-18-8-7-9-19(21(18)27-6-2)28(25,26)17-12-10-15(3)11-13-17/h7-13,16,22H,5-6,14H2,1-4H3,(H,23,24). The molecule has 2 aromatic carbocycles. The first-order valence-corrected chi connectivity index (χ1v) is 10.9. The van der Waals surface area contributed by atoms with Gasteiger partial charge in [-0.2, -0.15) is 0 Å². The zero-order valence-corrected chi connectivity index (χ0v) is 17.6. The van der Waals surface area contributed by atoms with Gasteiger partial charge in [-0.05, 0) is 51.5 Å². The molecule has 0 saturated heterocycles. The minimum absolute atomic E-state index is 0.0262. The fourth-order valence-corrected chi connectivity index (χ4v) is 4.03. The molecular formula is C21H28N2O4S. The fraction of sp³-hybridized carbons (Fsp3) is 0.381. The number of rotatable bonds is 9. The summed E-state index contributed by atoms with van der Waals surface area (Å²) in [7, 11) is -3.76. The lowest BCUT2D eigenvalue weighted by Gasteiger charge is -2.17. The highest BCUT2D eigenvalue weighted by molar-refractivity contribution is 7.91. The van der Waals surface area contributed by atoms with E-state index in [1.807, 2.05) is 20.8 Å². The number of aryl methyl sites for hydroxylation is 1. The summed E-state index contributed by atoms with van der Waals surface area (Å²) in [5.41, 5.74) is 1.45. The first-order valence-electron chi connectivity index (χ1n) is 9.40. The Bertz CT molecular complexity index is 909. The number of amides is 1. The lowest BCUT2D eigenvalue weighted by molar-refractivity contribution is -0.120. The summed E-state index contributed by atoms with van der Waals surface area (Å²) in [4.78, 5) is 12.3. The van der Waals surface area contributed by atoms with Crippen LogP contribution >= 0.6 is 0 Å². The number of sulfone groups is 1. The molecule has 1 atom stereocenters. The van der Waals surface area contributed by atoms with Crippen molar-refractivity contribution in [2.45, 2.75) is 49.9 Å². The number of anilines is 1. The van der Waals surface area contributed by atoms with Crippen LogP contribution in [0.15, 0.2) is 52.3 Å². The van der Waals surface area contributed by atoms with E-state index in [9.17, 15) is 13.2 Å². The summed E-state index contributed by atoms with van der Waals surface area (Å²) in [5, 5.41) is 5.87. The van der Waals surface area contributed by atoms with Crippen LogP contribution in [-0.4, -0.2) is 33.5 Å². The highest BCUT2D eigenvalue weighted by Gasteiger charge is 2.24. The van der Waals surface area contributed by atoms with Crippen LogP contribution in [0.2, 0.25) is 0 Å². The van der Waals surface area contributed by atoms with Crippen LogP contribution in [0.1, 0.15) is 32.8 Å². The topological polar surface area (TPSA) is 84.5 Å². The van der Waals surface area contributed by atoms with E-state index in [1.165, 1.54) is 6.07 Å². The highest BCUT2D eigenvalue weighted by atomic mass is 32.2. The van der Waals surface area contributed by atoms with Crippen LogP contribution in [0.25, 0.3) is 0 Å². The van der Waals surface area contributed by atoms with Crippen molar-refractivity contribution in [3.63, 3.8) is 0 Å². The average molecular weight is 405 g/mol. The van der Waals surface area contributed by atoms with Crippen molar-refractivity contribution in [3.8, 4) is 5.75 Å². The summed E-state index contributed by atoms with van der Waals surface area (Å²) in [6, 6.07) is 11.6. The molecule has 1 amide bonds. The van der Waals surface area contributed by atoms with Crippen LogP contribution < -0.4 is 15.4 Å². The van der Waals surface area contributed by atoms with Crippen LogP contribution in [0.3, 0.4) is 0 Å². The Hall–Kier alpha value is -2.54. The van der Waals surface area contributed by atoms with E-state index < -0.39 is 9.84 Å². The van der Waals surface area contributed by atoms with Gasteiger partial charge in [0.2, 0.25) is 15.7 Å². The van der Waals surface area contributed by atoms with Gasteiger partial charge >= 0.3 is 0 Å². The fourth-order valence-electron chi connectivity index (χ4n) is 2.61. The normalized spacial score (nSPS) is 12.3. The number of carbonyl (C=O) groups is 1. The molecule has 0 aliphatic rings. The molecular weight excluding hydrogens is 376 g/mol. The van der Waals surface area contributed by atoms with E-state index in [0.29, 0.717) is 12.3 Å². The minimum Gasteiger partial charge on any atom is -0.490 e. The predicted molar refractivity (Wildman–Crippen MR) is 111 cm³/mol. The van der Waals surface area contributed by atoms with E-state index in [0.717, 1.165) is 12.0 Å². The molecule has 0 aliphatic carbocycles. The van der Waals surface area contributed by atoms with Crippen molar-refractivity contribution in [2.24, 2.45) is 0 Å². The minimum atomic E-state index is -3.76. The maximum atomic E-state index is 13.1. The zero-order chi connectivity index (χ0) is 20.7. The monoisotopic (exact) mass is 404 g/mol. The van der Waals surface area contributed by atoms with Crippen molar-refractivity contribution in [1.29, 1.82) is 0 Å². The number of para-hydroxylation sites is 1. The maximum absolute atomic E-state index is 13.1. The molecule has 152 valence electrons. The Balaban J connectivity index is 2.34. The lowest BCUT2D eigenvalue weighted by atomic mass is 10.2. The van der Waals surface area contributed by atoms with Gasteiger partial charge in [0.25, 0.3) is 0 Å². The molecule has 6 nitrogen and oxygen atoms in total. The van der Waals surface area contributed by atoms with Gasteiger partial charge in [-0.15, -0.1) is 0 Å². The number of nitrogens with one attached hydrogen (secondary N) is 2. The largest absolute Gasteiger partial charge is 0.490 e. The molecule has 0 radical (unpaired) electrons. The van der Waals surface area contributed by atoms with Gasteiger partial charge in [-0.1, -0.05) is 30.7 Å². The van der Waals surface area contributed by atoms with Gasteiger partial charge in [0.15, 0.2) is 5.75 Å². The maximum Gasteiger partial charge on any atom is 0.239 e. The van der Waals surface area contributed by atoms with Crippen molar-refractivity contribution in [2.75, 3.05) is 18.5 Å². The molecule has 0 bridgehead atoms. The number of hydrogen-bond donors (Lipinski definition) is 2.